The lowest BCUT2D eigenvalue weighted by Gasteiger charge is -2.01. The molecule has 5 rings (SSSR count). The third kappa shape index (κ3) is 2.81. The molecule has 0 radical (unpaired) electrons. The van der Waals surface area contributed by atoms with Crippen LogP contribution in [0, 0.1) is 6.92 Å². The van der Waals surface area contributed by atoms with Crippen molar-refractivity contribution in [2.45, 2.75) is 6.92 Å². The van der Waals surface area contributed by atoms with Crippen molar-refractivity contribution in [3.8, 4) is 28.3 Å². The first-order chi connectivity index (χ1) is 13.3. The van der Waals surface area contributed by atoms with Crippen molar-refractivity contribution in [1.29, 1.82) is 0 Å². The Morgan fingerprint density at radius 3 is 2.33 bits per heavy atom. The van der Waals surface area contributed by atoms with Gasteiger partial charge in [-0.1, -0.05) is 60.2 Å². The number of benzene rings is 3. The van der Waals surface area contributed by atoms with Crippen LogP contribution in [-0.4, -0.2) is 19.7 Å². The predicted octanol–water partition coefficient (Wildman–Crippen LogP) is 5.39. The summed E-state index contributed by atoms with van der Waals surface area (Å²) < 4.78 is 1.91. The number of aromatic amines is 1. The van der Waals surface area contributed by atoms with E-state index < -0.39 is 0 Å². The van der Waals surface area contributed by atoms with Gasteiger partial charge < -0.3 is 4.98 Å². The summed E-state index contributed by atoms with van der Waals surface area (Å²) in [5.41, 5.74) is 7.20. The molecule has 2 aromatic heterocycles. The third-order valence-corrected chi connectivity index (χ3v) is 4.70. The Morgan fingerprint density at radius 1 is 0.815 bits per heavy atom. The van der Waals surface area contributed by atoms with Gasteiger partial charge in [0.2, 0.25) is 0 Å². The molecule has 0 saturated heterocycles. The first-order valence-corrected chi connectivity index (χ1v) is 8.95. The fraction of sp³-hybridized carbons (Fsp3) is 0.0435. The standard InChI is InChI=1S/C23H18N4/c1-16-11-13-17(14-12-16)22-19(15-27(26-22)18-7-3-2-4-8-18)23-24-20-9-5-6-10-21(20)25-23/h2-15H,1H3,(H,24,25). The molecule has 3 aromatic carbocycles. The molecule has 0 aliphatic heterocycles. The van der Waals surface area contributed by atoms with Crippen LogP contribution in [0.4, 0.5) is 0 Å². The molecule has 0 bridgehead atoms. The summed E-state index contributed by atoms with van der Waals surface area (Å²) in [5.74, 6) is 0.828. The van der Waals surface area contributed by atoms with Gasteiger partial charge in [-0.05, 0) is 31.2 Å². The molecule has 0 atom stereocenters. The van der Waals surface area contributed by atoms with E-state index in [1.165, 1.54) is 5.56 Å². The van der Waals surface area contributed by atoms with Crippen LogP contribution in [0.3, 0.4) is 0 Å². The molecule has 4 nitrogen and oxygen atoms in total. The largest absolute Gasteiger partial charge is 0.338 e. The van der Waals surface area contributed by atoms with Crippen molar-refractivity contribution in [2.24, 2.45) is 0 Å². The van der Waals surface area contributed by atoms with Crippen LogP contribution in [0.5, 0.6) is 0 Å². The van der Waals surface area contributed by atoms with Crippen LogP contribution < -0.4 is 0 Å². The zero-order valence-electron chi connectivity index (χ0n) is 14.9. The molecule has 5 aromatic rings. The number of aryl methyl sites for hydroxylation is 1. The lowest BCUT2D eigenvalue weighted by atomic mass is 10.1. The molecule has 0 aliphatic carbocycles. The molecule has 0 saturated carbocycles. The quantitative estimate of drug-likeness (QED) is 0.474. The van der Waals surface area contributed by atoms with E-state index >= 15 is 0 Å². The van der Waals surface area contributed by atoms with E-state index in [1.807, 2.05) is 65.5 Å². The van der Waals surface area contributed by atoms with Gasteiger partial charge in [0.15, 0.2) is 0 Å². The average molecular weight is 350 g/mol. The number of nitrogens with one attached hydrogen (secondary N) is 1. The number of para-hydroxylation sites is 3. The summed E-state index contributed by atoms with van der Waals surface area (Å²) in [4.78, 5) is 8.22. The normalized spacial score (nSPS) is 11.1. The Bertz CT molecular complexity index is 1180. The van der Waals surface area contributed by atoms with Gasteiger partial charge in [-0.25, -0.2) is 9.67 Å². The van der Waals surface area contributed by atoms with Gasteiger partial charge in [0, 0.05) is 11.8 Å². The maximum absolute atomic E-state index is 4.88. The van der Waals surface area contributed by atoms with Crippen LogP contribution in [0.1, 0.15) is 5.56 Å². The van der Waals surface area contributed by atoms with Crippen molar-refractivity contribution in [2.75, 3.05) is 0 Å². The van der Waals surface area contributed by atoms with Gasteiger partial charge in [0.05, 0.1) is 22.3 Å². The summed E-state index contributed by atoms with van der Waals surface area (Å²) in [6, 6.07) is 26.7. The van der Waals surface area contributed by atoms with Gasteiger partial charge in [-0.15, -0.1) is 0 Å². The number of fused-ring (bicyclic) bond motifs is 1. The number of nitrogens with zero attached hydrogens (tertiary/aromatic N) is 3. The fourth-order valence-corrected chi connectivity index (χ4v) is 3.27. The number of H-pyrrole nitrogens is 1. The minimum atomic E-state index is 0.828. The molecule has 0 unspecified atom stereocenters. The molecule has 0 fully saturated rings. The van der Waals surface area contributed by atoms with Crippen molar-refractivity contribution in [3.63, 3.8) is 0 Å². The van der Waals surface area contributed by atoms with Crippen LogP contribution in [0.2, 0.25) is 0 Å². The maximum Gasteiger partial charge on any atom is 0.142 e. The second-order valence-electron chi connectivity index (χ2n) is 6.64. The molecule has 130 valence electrons. The van der Waals surface area contributed by atoms with E-state index in [4.69, 9.17) is 10.1 Å². The topological polar surface area (TPSA) is 46.5 Å². The molecule has 0 aliphatic rings. The van der Waals surface area contributed by atoms with E-state index in [-0.39, 0.29) is 0 Å². The summed E-state index contributed by atoms with van der Waals surface area (Å²) in [7, 11) is 0. The summed E-state index contributed by atoms with van der Waals surface area (Å²) in [5, 5.41) is 4.88. The molecule has 0 amide bonds. The lowest BCUT2D eigenvalue weighted by molar-refractivity contribution is 0.884. The molecular formula is C23H18N4. The number of aromatic nitrogens is 4. The molecule has 27 heavy (non-hydrogen) atoms. The van der Waals surface area contributed by atoms with Crippen LogP contribution in [0.25, 0.3) is 39.4 Å². The van der Waals surface area contributed by atoms with E-state index in [0.717, 1.165) is 39.4 Å². The Labute approximate surface area is 157 Å². The number of hydrogen-bond acceptors (Lipinski definition) is 2. The first-order valence-electron chi connectivity index (χ1n) is 8.95. The zero-order chi connectivity index (χ0) is 18.2. The van der Waals surface area contributed by atoms with Gasteiger partial charge in [0.1, 0.15) is 11.5 Å². The van der Waals surface area contributed by atoms with Crippen molar-refractivity contribution >= 4 is 11.0 Å². The van der Waals surface area contributed by atoms with Crippen molar-refractivity contribution in [3.05, 3.63) is 90.6 Å². The molecule has 2 heterocycles. The van der Waals surface area contributed by atoms with Crippen LogP contribution in [0.15, 0.2) is 85.1 Å². The van der Waals surface area contributed by atoms with Crippen LogP contribution in [-0.2, 0) is 0 Å². The second-order valence-corrected chi connectivity index (χ2v) is 6.64. The fourth-order valence-electron chi connectivity index (χ4n) is 3.27. The third-order valence-electron chi connectivity index (χ3n) is 4.70. The highest BCUT2D eigenvalue weighted by Crippen LogP contribution is 2.31. The number of rotatable bonds is 3. The highest BCUT2D eigenvalue weighted by molar-refractivity contribution is 5.84. The van der Waals surface area contributed by atoms with Gasteiger partial charge in [0.25, 0.3) is 0 Å². The lowest BCUT2D eigenvalue weighted by Crippen LogP contribution is -1.93. The Morgan fingerprint density at radius 2 is 1.56 bits per heavy atom. The monoisotopic (exact) mass is 350 g/mol. The maximum atomic E-state index is 4.88. The second kappa shape index (κ2) is 6.25. The zero-order valence-corrected chi connectivity index (χ0v) is 14.9. The van der Waals surface area contributed by atoms with Gasteiger partial charge >= 0.3 is 0 Å². The Balaban J connectivity index is 1.72. The number of hydrogen-bond donors (Lipinski definition) is 1. The minimum Gasteiger partial charge on any atom is -0.338 e. The van der Waals surface area contributed by atoms with E-state index in [0.29, 0.717) is 0 Å². The minimum absolute atomic E-state index is 0.828. The Kier molecular flexibility index (Phi) is 3.61. The highest BCUT2D eigenvalue weighted by atomic mass is 15.3. The predicted molar refractivity (Wildman–Crippen MR) is 109 cm³/mol. The first kappa shape index (κ1) is 15.6. The highest BCUT2D eigenvalue weighted by Gasteiger charge is 2.17. The molecular weight excluding hydrogens is 332 g/mol. The van der Waals surface area contributed by atoms with Crippen LogP contribution >= 0.6 is 0 Å². The van der Waals surface area contributed by atoms with Crippen molar-refractivity contribution < 1.29 is 0 Å². The smallest absolute Gasteiger partial charge is 0.142 e. The van der Waals surface area contributed by atoms with E-state index in [9.17, 15) is 0 Å². The van der Waals surface area contributed by atoms with Gasteiger partial charge in [-0.3, -0.25) is 0 Å². The summed E-state index contributed by atoms with van der Waals surface area (Å²) in [6.07, 6.45) is 2.04. The number of imidazole rings is 1. The van der Waals surface area contributed by atoms with E-state index in [1.54, 1.807) is 0 Å². The Hall–Kier alpha value is -3.66. The van der Waals surface area contributed by atoms with E-state index in [2.05, 4.69) is 36.2 Å². The SMILES string of the molecule is Cc1ccc(-c2nn(-c3ccccc3)cc2-c2nc3ccccc3[nH]2)cc1. The van der Waals surface area contributed by atoms with Crippen molar-refractivity contribution in [1.82, 2.24) is 19.7 Å². The molecule has 4 heteroatoms. The average Bonchev–Trinajstić information content (AvgIpc) is 3.33. The van der Waals surface area contributed by atoms with Gasteiger partial charge in [-0.2, -0.15) is 5.10 Å². The summed E-state index contributed by atoms with van der Waals surface area (Å²) >= 11 is 0. The molecule has 1 N–H and O–H groups in total. The summed E-state index contributed by atoms with van der Waals surface area (Å²) in [6.45, 7) is 2.09. The molecule has 0 spiro atoms.